The average molecular weight is 300 g/mol. The van der Waals surface area contributed by atoms with Crippen LogP contribution in [0.4, 0.5) is 5.69 Å². The molecule has 1 amide bonds. The molecule has 7 heteroatoms. The van der Waals surface area contributed by atoms with E-state index in [2.05, 4.69) is 5.32 Å². The molecule has 0 saturated heterocycles. The van der Waals surface area contributed by atoms with Gasteiger partial charge in [-0.3, -0.25) is 4.79 Å². The summed E-state index contributed by atoms with van der Waals surface area (Å²) in [4.78, 5) is 11.7. The van der Waals surface area contributed by atoms with Gasteiger partial charge in [0, 0.05) is 18.2 Å². The maximum Gasteiger partial charge on any atom is 0.241 e. The Hall–Kier alpha value is -1.60. The lowest BCUT2D eigenvalue weighted by Gasteiger charge is -2.12. The fourth-order valence-electron chi connectivity index (χ4n) is 1.65. The third-order valence-corrected chi connectivity index (χ3v) is 3.94. The van der Waals surface area contributed by atoms with Gasteiger partial charge in [0.1, 0.15) is 10.6 Å². The first-order valence-corrected chi connectivity index (χ1v) is 7.83. The van der Waals surface area contributed by atoms with Crippen molar-refractivity contribution >= 4 is 21.6 Å². The van der Waals surface area contributed by atoms with Crippen molar-refractivity contribution in [3.8, 4) is 5.75 Å². The SMILES string of the molecule is CCC(C)CC(=O)Nc1ccc(S(N)(=O)=O)c(OC)c1. The van der Waals surface area contributed by atoms with Crippen molar-refractivity contribution in [3.63, 3.8) is 0 Å². The van der Waals surface area contributed by atoms with Crippen LogP contribution in [-0.4, -0.2) is 21.4 Å². The number of primary sulfonamides is 1. The lowest BCUT2D eigenvalue weighted by atomic mass is 10.1. The first kappa shape index (κ1) is 16.5. The highest BCUT2D eigenvalue weighted by Gasteiger charge is 2.16. The number of methoxy groups -OCH3 is 1. The zero-order chi connectivity index (χ0) is 15.3. The van der Waals surface area contributed by atoms with Gasteiger partial charge in [-0.05, 0) is 18.1 Å². The Labute approximate surface area is 119 Å². The van der Waals surface area contributed by atoms with E-state index in [0.717, 1.165) is 6.42 Å². The lowest BCUT2D eigenvalue weighted by Crippen LogP contribution is -2.16. The smallest absolute Gasteiger partial charge is 0.241 e. The van der Waals surface area contributed by atoms with Crippen LogP contribution in [0.5, 0.6) is 5.75 Å². The first-order valence-electron chi connectivity index (χ1n) is 6.28. The monoisotopic (exact) mass is 300 g/mol. The summed E-state index contributed by atoms with van der Waals surface area (Å²) in [6.07, 6.45) is 1.33. The highest BCUT2D eigenvalue weighted by atomic mass is 32.2. The van der Waals surface area contributed by atoms with E-state index < -0.39 is 10.0 Å². The van der Waals surface area contributed by atoms with Gasteiger partial charge in [0.25, 0.3) is 0 Å². The minimum atomic E-state index is -3.85. The van der Waals surface area contributed by atoms with Crippen molar-refractivity contribution in [1.29, 1.82) is 0 Å². The Balaban J connectivity index is 2.92. The van der Waals surface area contributed by atoms with Crippen LogP contribution < -0.4 is 15.2 Å². The average Bonchev–Trinajstić information content (AvgIpc) is 2.36. The summed E-state index contributed by atoms with van der Waals surface area (Å²) >= 11 is 0. The number of benzene rings is 1. The molecule has 1 atom stereocenters. The van der Waals surface area contributed by atoms with Gasteiger partial charge in [0.2, 0.25) is 15.9 Å². The molecule has 0 aliphatic rings. The zero-order valence-corrected chi connectivity index (χ0v) is 12.7. The number of carbonyl (C=O) groups is 1. The molecule has 0 aliphatic carbocycles. The van der Waals surface area contributed by atoms with E-state index >= 15 is 0 Å². The van der Waals surface area contributed by atoms with Gasteiger partial charge in [-0.25, -0.2) is 13.6 Å². The van der Waals surface area contributed by atoms with Gasteiger partial charge in [-0.2, -0.15) is 0 Å². The van der Waals surface area contributed by atoms with Gasteiger partial charge in [-0.15, -0.1) is 0 Å². The van der Waals surface area contributed by atoms with Crippen LogP contribution >= 0.6 is 0 Å². The van der Waals surface area contributed by atoms with E-state index in [0.29, 0.717) is 18.0 Å². The summed E-state index contributed by atoms with van der Waals surface area (Å²) in [6, 6.07) is 4.23. The Morgan fingerprint density at radius 2 is 2.10 bits per heavy atom. The Bertz CT molecular complexity index is 584. The second kappa shape index (κ2) is 6.71. The molecule has 112 valence electrons. The molecule has 0 aliphatic heterocycles. The molecule has 20 heavy (non-hydrogen) atoms. The summed E-state index contributed by atoms with van der Waals surface area (Å²) in [6.45, 7) is 4.01. The molecule has 0 heterocycles. The molecular weight excluding hydrogens is 280 g/mol. The Morgan fingerprint density at radius 1 is 1.45 bits per heavy atom. The zero-order valence-electron chi connectivity index (χ0n) is 11.8. The van der Waals surface area contributed by atoms with Crippen molar-refractivity contribution in [2.45, 2.75) is 31.6 Å². The van der Waals surface area contributed by atoms with E-state index in [1.54, 1.807) is 0 Å². The van der Waals surface area contributed by atoms with Gasteiger partial charge in [0.05, 0.1) is 7.11 Å². The number of anilines is 1. The first-order chi connectivity index (χ1) is 9.27. The van der Waals surface area contributed by atoms with Gasteiger partial charge >= 0.3 is 0 Å². The third kappa shape index (κ3) is 4.50. The topological polar surface area (TPSA) is 98.5 Å². The fourth-order valence-corrected chi connectivity index (χ4v) is 2.33. The van der Waals surface area contributed by atoms with E-state index in [9.17, 15) is 13.2 Å². The normalized spacial score (nSPS) is 12.8. The quantitative estimate of drug-likeness (QED) is 0.835. The van der Waals surface area contributed by atoms with Crippen LogP contribution in [0.15, 0.2) is 23.1 Å². The Kier molecular flexibility index (Phi) is 5.52. The molecule has 0 radical (unpaired) electrons. The van der Waals surface area contributed by atoms with Crippen molar-refractivity contribution in [2.24, 2.45) is 11.1 Å². The number of hydrogen-bond donors (Lipinski definition) is 2. The number of carbonyl (C=O) groups excluding carboxylic acids is 1. The van der Waals surface area contributed by atoms with Gasteiger partial charge in [0.15, 0.2) is 0 Å². The molecule has 0 saturated carbocycles. The molecule has 0 bridgehead atoms. The molecular formula is C13H20N2O4S. The van der Waals surface area contributed by atoms with E-state index in [-0.39, 0.29) is 16.6 Å². The summed E-state index contributed by atoms with van der Waals surface area (Å²) in [5.41, 5.74) is 0.475. The fraction of sp³-hybridized carbons (Fsp3) is 0.462. The lowest BCUT2D eigenvalue weighted by molar-refractivity contribution is -0.117. The predicted octanol–water partition coefficient (Wildman–Crippen LogP) is 1.72. The summed E-state index contributed by atoms with van der Waals surface area (Å²) < 4.78 is 27.7. The number of rotatable bonds is 6. The van der Waals surface area contributed by atoms with Crippen molar-refractivity contribution in [2.75, 3.05) is 12.4 Å². The molecule has 1 unspecified atom stereocenters. The van der Waals surface area contributed by atoms with Crippen LogP contribution in [0.3, 0.4) is 0 Å². The standard InChI is InChI=1S/C13H20N2O4S/c1-4-9(2)7-13(16)15-10-5-6-12(20(14,17)18)11(8-10)19-3/h5-6,8-9H,4,7H2,1-3H3,(H,15,16)(H2,14,17,18). The minimum Gasteiger partial charge on any atom is -0.495 e. The molecule has 0 spiro atoms. The number of amides is 1. The summed E-state index contributed by atoms with van der Waals surface area (Å²) in [5, 5.41) is 7.78. The maximum absolute atomic E-state index is 11.8. The van der Waals surface area contributed by atoms with Gasteiger partial charge < -0.3 is 10.1 Å². The molecule has 6 nitrogen and oxygen atoms in total. The van der Waals surface area contributed by atoms with Crippen LogP contribution in [0.2, 0.25) is 0 Å². The number of nitrogens with one attached hydrogen (secondary N) is 1. The summed E-state index contributed by atoms with van der Waals surface area (Å²) in [7, 11) is -2.51. The maximum atomic E-state index is 11.8. The molecule has 1 aromatic rings. The van der Waals surface area contributed by atoms with Crippen LogP contribution in [0.25, 0.3) is 0 Å². The molecule has 0 aromatic heterocycles. The van der Waals surface area contributed by atoms with Crippen LogP contribution in [0, 0.1) is 5.92 Å². The summed E-state index contributed by atoms with van der Waals surface area (Å²) in [5.74, 6) is 0.277. The highest BCUT2D eigenvalue weighted by molar-refractivity contribution is 7.89. The number of nitrogens with two attached hydrogens (primary N) is 1. The highest BCUT2D eigenvalue weighted by Crippen LogP contribution is 2.26. The van der Waals surface area contributed by atoms with Gasteiger partial charge in [-0.1, -0.05) is 20.3 Å². The van der Waals surface area contributed by atoms with E-state index in [1.807, 2.05) is 13.8 Å². The van der Waals surface area contributed by atoms with Crippen molar-refractivity contribution < 1.29 is 17.9 Å². The largest absolute Gasteiger partial charge is 0.495 e. The molecule has 1 aromatic carbocycles. The van der Waals surface area contributed by atoms with E-state index in [4.69, 9.17) is 9.88 Å². The van der Waals surface area contributed by atoms with Crippen molar-refractivity contribution in [1.82, 2.24) is 0 Å². The molecule has 3 N–H and O–H groups in total. The van der Waals surface area contributed by atoms with E-state index in [1.165, 1.54) is 25.3 Å². The molecule has 0 fully saturated rings. The van der Waals surface area contributed by atoms with Crippen molar-refractivity contribution in [3.05, 3.63) is 18.2 Å². The predicted molar refractivity (Wildman–Crippen MR) is 77.1 cm³/mol. The number of hydrogen-bond acceptors (Lipinski definition) is 4. The second-order valence-corrected chi connectivity index (χ2v) is 6.21. The Morgan fingerprint density at radius 3 is 2.60 bits per heavy atom. The number of ether oxygens (including phenoxy) is 1. The molecule has 1 rings (SSSR count). The minimum absolute atomic E-state index is 0.105. The third-order valence-electron chi connectivity index (χ3n) is 2.98. The number of sulfonamides is 1. The second-order valence-electron chi connectivity index (χ2n) is 4.68. The van der Waals surface area contributed by atoms with Crippen LogP contribution in [-0.2, 0) is 14.8 Å². The van der Waals surface area contributed by atoms with Crippen LogP contribution in [0.1, 0.15) is 26.7 Å².